The molecule has 4 heteroatoms. The molecule has 2 heterocycles. The molecule has 3 nitrogen and oxygen atoms in total. The lowest BCUT2D eigenvalue weighted by molar-refractivity contribution is 1.34. The van der Waals surface area contributed by atoms with Gasteiger partial charge in [0.15, 0.2) is 0 Å². The first kappa shape index (κ1) is 15.9. The highest BCUT2D eigenvalue weighted by Gasteiger charge is 2.16. The zero-order valence-electron chi connectivity index (χ0n) is 15.2. The molecule has 28 heavy (non-hydrogen) atoms. The molecule has 6 aromatic rings. The third kappa shape index (κ3) is 2.18. The Balaban J connectivity index is 1.76. The maximum atomic E-state index is 5.04. The summed E-state index contributed by atoms with van der Waals surface area (Å²) in [6.07, 6.45) is 2.03. The number of nitrogens with one attached hydrogen (secondary N) is 2. The minimum atomic E-state index is 0.887. The summed E-state index contributed by atoms with van der Waals surface area (Å²) >= 11 is 3.59. The van der Waals surface area contributed by atoms with E-state index in [0.29, 0.717) is 0 Å². The summed E-state index contributed by atoms with van der Waals surface area (Å²) < 4.78 is 1.06. The van der Waals surface area contributed by atoms with Gasteiger partial charge in [-0.3, -0.25) is 0 Å². The first-order valence-electron chi connectivity index (χ1n) is 9.27. The number of aromatic nitrogens is 3. The van der Waals surface area contributed by atoms with Crippen molar-refractivity contribution < 1.29 is 0 Å². The summed E-state index contributed by atoms with van der Waals surface area (Å²) in [7, 11) is 0. The molecular weight excluding hydrogens is 410 g/mol. The lowest BCUT2D eigenvalue weighted by Crippen LogP contribution is -1.83. The number of nitrogens with zero attached hydrogens (tertiary/aromatic N) is 1. The molecule has 0 bridgehead atoms. The summed E-state index contributed by atoms with van der Waals surface area (Å²) in [5.41, 5.74) is 5.55. The average Bonchev–Trinajstić information content (AvgIpc) is 3.32. The number of halogens is 1. The van der Waals surface area contributed by atoms with Crippen LogP contribution in [0.2, 0.25) is 0 Å². The van der Waals surface area contributed by atoms with Crippen LogP contribution in [-0.4, -0.2) is 15.0 Å². The maximum Gasteiger partial charge on any atom is 0.140 e. The van der Waals surface area contributed by atoms with Gasteiger partial charge >= 0.3 is 0 Å². The predicted molar refractivity (Wildman–Crippen MR) is 121 cm³/mol. The lowest BCUT2D eigenvalue weighted by Gasteiger charge is -2.06. The van der Waals surface area contributed by atoms with E-state index in [-0.39, 0.29) is 0 Å². The van der Waals surface area contributed by atoms with Gasteiger partial charge in [0.2, 0.25) is 0 Å². The molecule has 2 aromatic heterocycles. The molecule has 134 valence electrons. The Morgan fingerprint density at radius 2 is 1.68 bits per heavy atom. The Kier molecular flexibility index (Phi) is 3.23. The Morgan fingerprint density at radius 3 is 2.57 bits per heavy atom. The Hall–Kier alpha value is -3.11. The quantitative estimate of drug-likeness (QED) is 0.271. The number of hydrogen-bond donors (Lipinski definition) is 2. The highest BCUT2D eigenvalue weighted by molar-refractivity contribution is 9.10. The van der Waals surface area contributed by atoms with Crippen LogP contribution in [0, 0.1) is 6.92 Å². The second-order valence-corrected chi connectivity index (χ2v) is 8.21. The van der Waals surface area contributed by atoms with Gasteiger partial charge in [0.1, 0.15) is 5.82 Å². The van der Waals surface area contributed by atoms with Crippen LogP contribution in [0.4, 0.5) is 0 Å². The number of hydrogen-bond acceptors (Lipinski definition) is 1. The van der Waals surface area contributed by atoms with Gasteiger partial charge in [-0.25, -0.2) is 4.98 Å². The van der Waals surface area contributed by atoms with E-state index in [1.807, 2.05) is 12.3 Å². The van der Waals surface area contributed by atoms with Crippen LogP contribution in [-0.2, 0) is 0 Å². The van der Waals surface area contributed by atoms with Crippen molar-refractivity contribution in [1.29, 1.82) is 0 Å². The third-order valence-electron chi connectivity index (χ3n) is 5.52. The molecule has 0 spiro atoms. The normalized spacial score (nSPS) is 11.9. The van der Waals surface area contributed by atoms with Crippen LogP contribution in [0.1, 0.15) is 5.56 Å². The van der Waals surface area contributed by atoms with Crippen LogP contribution in [0.5, 0.6) is 0 Å². The molecule has 0 radical (unpaired) electrons. The molecule has 0 fully saturated rings. The molecular formula is C24H16BrN3. The number of H-pyrrole nitrogens is 2. The third-order valence-corrected chi connectivity index (χ3v) is 6.01. The van der Waals surface area contributed by atoms with E-state index in [1.165, 1.54) is 27.1 Å². The summed E-state index contributed by atoms with van der Waals surface area (Å²) in [6.45, 7) is 2.14. The highest BCUT2D eigenvalue weighted by Crippen LogP contribution is 2.37. The number of imidazole rings is 1. The average molecular weight is 426 g/mol. The lowest BCUT2D eigenvalue weighted by atomic mass is 9.98. The fourth-order valence-corrected chi connectivity index (χ4v) is 4.56. The van der Waals surface area contributed by atoms with Gasteiger partial charge in [-0.15, -0.1) is 0 Å². The van der Waals surface area contributed by atoms with Gasteiger partial charge in [-0.1, -0.05) is 64.0 Å². The SMILES string of the molecule is Cc1ccc2c(c1)c1ccccc1c1nc(-c3c[nH]c4ccc(Br)cc34)[nH]c21. The number of rotatable bonds is 1. The molecule has 0 atom stereocenters. The van der Waals surface area contributed by atoms with Gasteiger partial charge in [0.25, 0.3) is 0 Å². The van der Waals surface area contributed by atoms with Crippen molar-refractivity contribution in [3.63, 3.8) is 0 Å². The van der Waals surface area contributed by atoms with Crippen LogP contribution < -0.4 is 0 Å². The first-order chi connectivity index (χ1) is 13.7. The molecule has 4 aromatic carbocycles. The molecule has 0 amide bonds. The maximum absolute atomic E-state index is 5.04. The predicted octanol–water partition coefficient (Wildman–Crippen LogP) is 7.09. The van der Waals surface area contributed by atoms with Gasteiger partial charge in [0.05, 0.1) is 11.0 Å². The van der Waals surface area contributed by atoms with E-state index in [9.17, 15) is 0 Å². The van der Waals surface area contributed by atoms with Crippen molar-refractivity contribution in [3.05, 3.63) is 76.9 Å². The van der Waals surface area contributed by atoms with Crippen LogP contribution in [0.25, 0.3) is 54.9 Å². The molecule has 0 saturated carbocycles. The minimum Gasteiger partial charge on any atom is -0.360 e. The fraction of sp³-hybridized carbons (Fsp3) is 0.0417. The van der Waals surface area contributed by atoms with Crippen molar-refractivity contribution in [3.8, 4) is 11.4 Å². The second kappa shape index (κ2) is 5.69. The largest absolute Gasteiger partial charge is 0.360 e. The molecule has 0 aliphatic heterocycles. The summed E-state index contributed by atoms with van der Waals surface area (Å²) in [4.78, 5) is 12.0. The number of aryl methyl sites for hydroxylation is 1. The van der Waals surface area contributed by atoms with Crippen molar-refractivity contribution in [2.24, 2.45) is 0 Å². The monoisotopic (exact) mass is 425 g/mol. The van der Waals surface area contributed by atoms with Crippen LogP contribution >= 0.6 is 15.9 Å². The van der Waals surface area contributed by atoms with Gasteiger partial charge in [-0.2, -0.15) is 0 Å². The van der Waals surface area contributed by atoms with Gasteiger partial charge < -0.3 is 9.97 Å². The topological polar surface area (TPSA) is 44.5 Å². The number of aromatic amines is 2. The number of benzene rings is 4. The van der Waals surface area contributed by atoms with E-state index in [4.69, 9.17) is 4.98 Å². The summed E-state index contributed by atoms with van der Waals surface area (Å²) in [5.74, 6) is 0.887. The zero-order valence-corrected chi connectivity index (χ0v) is 16.8. The standard InChI is InChI=1S/C24H16BrN3/c1-13-6-8-17-18(10-13)15-4-2-3-5-16(15)22-23(17)28-24(27-22)20-12-26-21-9-7-14(25)11-19(20)21/h2-12,26H,1H3,(H,27,28). The summed E-state index contributed by atoms with van der Waals surface area (Å²) in [6, 6.07) is 21.4. The zero-order chi connectivity index (χ0) is 18.8. The second-order valence-electron chi connectivity index (χ2n) is 7.30. The van der Waals surface area contributed by atoms with E-state index >= 15 is 0 Å². The molecule has 0 aliphatic carbocycles. The van der Waals surface area contributed by atoms with E-state index < -0.39 is 0 Å². The first-order valence-corrected chi connectivity index (χ1v) is 10.1. The fourth-order valence-electron chi connectivity index (χ4n) is 4.20. The molecule has 0 unspecified atom stereocenters. The molecule has 2 N–H and O–H groups in total. The van der Waals surface area contributed by atoms with Crippen molar-refractivity contribution in [2.45, 2.75) is 6.92 Å². The Morgan fingerprint density at radius 1 is 0.821 bits per heavy atom. The minimum absolute atomic E-state index is 0.887. The number of fused-ring (bicyclic) bond motifs is 7. The smallest absolute Gasteiger partial charge is 0.140 e. The highest BCUT2D eigenvalue weighted by atomic mass is 79.9. The van der Waals surface area contributed by atoms with Crippen molar-refractivity contribution in [2.75, 3.05) is 0 Å². The van der Waals surface area contributed by atoms with E-state index in [2.05, 4.69) is 87.4 Å². The molecule has 0 aliphatic rings. The van der Waals surface area contributed by atoms with E-state index in [1.54, 1.807) is 0 Å². The Labute approximate surface area is 169 Å². The van der Waals surface area contributed by atoms with Gasteiger partial charge in [-0.05, 0) is 35.9 Å². The van der Waals surface area contributed by atoms with Crippen molar-refractivity contribution in [1.82, 2.24) is 15.0 Å². The summed E-state index contributed by atoms with van der Waals surface area (Å²) in [5, 5.41) is 6.05. The Bertz CT molecular complexity index is 1540. The van der Waals surface area contributed by atoms with Crippen LogP contribution in [0.3, 0.4) is 0 Å². The van der Waals surface area contributed by atoms with Crippen LogP contribution in [0.15, 0.2) is 71.3 Å². The van der Waals surface area contributed by atoms with Gasteiger partial charge in [0, 0.05) is 37.9 Å². The van der Waals surface area contributed by atoms with Crippen molar-refractivity contribution >= 4 is 59.4 Å². The molecule has 0 saturated heterocycles. The van der Waals surface area contributed by atoms with E-state index in [0.717, 1.165) is 37.8 Å². The molecule has 6 rings (SSSR count).